The monoisotopic (exact) mass is 234 g/mol. The molecule has 1 nitrogen and oxygen atoms in total. The molecule has 0 spiro atoms. The Kier molecular flexibility index (Phi) is 2.00. The second-order valence-corrected chi connectivity index (χ2v) is 5.05. The van der Waals surface area contributed by atoms with Crippen LogP contribution in [-0.4, -0.2) is 11.7 Å². The molecule has 0 fully saturated rings. The zero-order chi connectivity index (χ0) is 12.1. The summed E-state index contributed by atoms with van der Waals surface area (Å²) < 4.78 is 0. The number of fused-ring (bicyclic) bond motifs is 4. The summed E-state index contributed by atoms with van der Waals surface area (Å²) in [6, 6.07) is 17.5. The van der Waals surface area contributed by atoms with Crippen molar-refractivity contribution >= 4 is 21.5 Å². The molecule has 1 aliphatic rings. The number of hydrogen-bond donors (Lipinski definition) is 1. The quantitative estimate of drug-likeness (QED) is 0.668. The molecule has 0 heterocycles. The van der Waals surface area contributed by atoms with Crippen LogP contribution in [0.4, 0.5) is 0 Å². The lowest BCUT2D eigenvalue weighted by molar-refractivity contribution is 0.287. The predicted octanol–water partition coefficient (Wildman–Crippen LogP) is 3.82. The van der Waals surface area contributed by atoms with Crippen molar-refractivity contribution in [2.75, 3.05) is 6.61 Å². The Morgan fingerprint density at radius 2 is 1.67 bits per heavy atom. The zero-order valence-electron chi connectivity index (χ0n) is 10.1. The first-order valence-corrected chi connectivity index (χ1v) is 6.44. The lowest BCUT2D eigenvalue weighted by Gasteiger charge is -2.01. The van der Waals surface area contributed by atoms with Gasteiger partial charge in [-0.2, -0.15) is 0 Å². The van der Waals surface area contributed by atoms with Gasteiger partial charge in [-0.05, 0) is 51.2 Å². The van der Waals surface area contributed by atoms with E-state index in [1.165, 1.54) is 32.7 Å². The smallest absolute Gasteiger partial charge is 0.0440 e. The lowest BCUT2D eigenvalue weighted by Crippen LogP contribution is -1.82. The Morgan fingerprint density at radius 1 is 0.889 bits per heavy atom. The fraction of sp³-hybridized carbons (Fsp3) is 0.176. The van der Waals surface area contributed by atoms with Crippen LogP contribution in [0.1, 0.15) is 23.5 Å². The van der Waals surface area contributed by atoms with E-state index in [0.717, 1.165) is 6.42 Å². The van der Waals surface area contributed by atoms with Crippen LogP contribution in [0.15, 0.2) is 48.5 Å². The fourth-order valence-corrected chi connectivity index (χ4v) is 3.07. The Hall–Kier alpha value is -1.86. The molecule has 0 bridgehead atoms. The minimum absolute atomic E-state index is 0.272. The molecular weight excluding hydrogens is 220 g/mol. The maximum Gasteiger partial charge on any atom is 0.0440 e. The van der Waals surface area contributed by atoms with Crippen molar-refractivity contribution < 1.29 is 5.11 Å². The Labute approximate surface area is 106 Å². The minimum atomic E-state index is 0.272. The third-order valence-corrected chi connectivity index (χ3v) is 4.02. The first kappa shape index (κ1) is 10.1. The van der Waals surface area contributed by atoms with Crippen LogP contribution in [0.25, 0.3) is 21.5 Å². The van der Waals surface area contributed by atoms with Gasteiger partial charge in [-0.15, -0.1) is 0 Å². The first-order valence-electron chi connectivity index (χ1n) is 6.44. The molecule has 0 aromatic heterocycles. The molecule has 1 N–H and O–H groups in total. The molecule has 0 aliphatic heterocycles. The summed E-state index contributed by atoms with van der Waals surface area (Å²) in [5, 5.41) is 14.4. The number of hydrogen-bond acceptors (Lipinski definition) is 1. The van der Waals surface area contributed by atoms with Gasteiger partial charge < -0.3 is 5.11 Å². The topological polar surface area (TPSA) is 20.2 Å². The largest absolute Gasteiger partial charge is 0.396 e. The molecule has 1 unspecified atom stereocenters. The van der Waals surface area contributed by atoms with E-state index in [4.69, 9.17) is 5.11 Å². The van der Waals surface area contributed by atoms with Gasteiger partial charge in [0.1, 0.15) is 0 Å². The van der Waals surface area contributed by atoms with Gasteiger partial charge in [0.05, 0.1) is 0 Å². The van der Waals surface area contributed by atoms with Crippen LogP contribution in [0, 0.1) is 0 Å². The zero-order valence-corrected chi connectivity index (χ0v) is 10.1. The van der Waals surface area contributed by atoms with Crippen LogP contribution in [0.3, 0.4) is 0 Å². The number of aliphatic hydroxyl groups is 1. The maximum absolute atomic E-state index is 9.09. The summed E-state index contributed by atoms with van der Waals surface area (Å²) in [5.74, 6) is 0.494. The van der Waals surface area contributed by atoms with Crippen LogP contribution >= 0.6 is 0 Å². The fourth-order valence-electron chi connectivity index (χ4n) is 3.07. The number of benzene rings is 3. The van der Waals surface area contributed by atoms with Crippen molar-refractivity contribution in [2.45, 2.75) is 12.3 Å². The third kappa shape index (κ3) is 1.31. The molecular formula is C17H14O. The van der Waals surface area contributed by atoms with E-state index in [9.17, 15) is 0 Å². The highest BCUT2D eigenvalue weighted by atomic mass is 16.3. The molecule has 4 rings (SSSR count). The van der Waals surface area contributed by atoms with Crippen molar-refractivity contribution in [1.29, 1.82) is 0 Å². The highest BCUT2D eigenvalue weighted by Crippen LogP contribution is 2.50. The normalized spacial score (nSPS) is 17.1. The van der Waals surface area contributed by atoms with Gasteiger partial charge in [-0.1, -0.05) is 36.4 Å². The van der Waals surface area contributed by atoms with Gasteiger partial charge in [0, 0.05) is 12.5 Å². The van der Waals surface area contributed by atoms with Gasteiger partial charge in [0.25, 0.3) is 0 Å². The third-order valence-electron chi connectivity index (χ3n) is 4.02. The summed E-state index contributed by atoms with van der Waals surface area (Å²) in [4.78, 5) is 0. The highest BCUT2D eigenvalue weighted by molar-refractivity contribution is 6.02. The molecule has 1 atom stereocenters. The van der Waals surface area contributed by atoms with Crippen LogP contribution in [-0.2, 0) is 0 Å². The Bertz CT molecular complexity index is 758. The molecule has 0 amide bonds. The van der Waals surface area contributed by atoms with Crippen molar-refractivity contribution in [2.24, 2.45) is 0 Å². The van der Waals surface area contributed by atoms with E-state index in [1.807, 2.05) is 0 Å². The van der Waals surface area contributed by atoms with Crippen molar-refractivity contribution in [3.8, 4) is 0 Å². The van der Waals surface area contributed by atoms with Crippen molar-refractivity contribution in [3.05, 3.63) is 59.7 Å². The van der Waals surface area contributed by atoms with Gasteiger partial charge >= 0.3 is 0 Å². The van der Waals surface area contributed by atoms with Crippen molar-refractivity contribution in [1.82, 2.24) is 0 Å². The summed E-state index contributed by atoms with van der Waals surface area (Å²) in [7, 11) is 0. The van der Waals surface area contributed by atoms with Gasteiger partial charge in [-0.3, -0.25) is 0 Å². The van der Waals surface area contributed by atoms with Crippen LogP contribution < -0.4 is 0 Å². The van der Waals surface area contributed by atoms with Gasteiger partial charge in [0.2, 0.25) is 0 Å². The van der Waals surface area contributed by atoms with E-state index < -0.39 is 0 Å². The second-order valence-electron chi connectivity index (χ2n) is 5.05. The molecule has 0 radical (unpaired) electrons. The van der Waals surface area contributed by atoms with E-state index in [-0.39, 0.29) is 6.61 Å². The van der Waals surface area contributed by atoms with E-state index in [2.05, 4.69) is 48.5 Å². The molecule has 3 aromatic carbocycles. The number of rotatable bonds is 2. The Morgan fingerprint density at radius 3 is 2.44 bits per heavy atom. The summed E-state index contributed by atoms with van der Waals surface area (Å²) in [5.41, 5.74) is 2.87. The summed E-state index contributed by atoms with van der Waals surface area (Å²) in [6.45, 7) is 0.272. The van der Waals surface area contributed by atoms with Gasteiger partial charge in [0.15, 0.2) is 0 Å². The van der Waals surface area contributed by atoms with E-state index in [1.54, 1.807) is 0 Å². The molecule has 88 valence electrons. The van der Waals surface area contributed by atoms with Crippen molar-refractivity contribution in [3.63, 3.8) is 0 Å². The molecule has 3 aromatic rings. The van der Waals surface area contributed by atoms with E-state index >= 15 is 0 Å². The minimum Gasteiger partial charge on any atom is -0.396 e. The number of aliphatic hydroxyl groups excluding tert-OH is 1. The molecule has 1 aliphatic carbocycles. The van der Waals surface area contributed by atoms with E-state index in [0.29, 0.717) is 5.92 Å². The van der Waals surface area contributed by atoms with Crippen LogP contribution in [0.5, 0.6) is 0 Å². The second kappa shape index (κ2) is 3.56. The molecule has 1 heteroatoms. The molecule has 0 saturated carbocycles. The van der Waals surface area contributed by atoms with Crippen LogP contribution in [0.2, 0.25) is 0 Å². The molecule has 0 saturated heterocycles. The SMILES string of the molecule is OCCC1c2ccc3cc4ccccc4cc3c21. The Balaban J connectivity index is 1.99. The lowest BCUT2D eigenvalue weighted by atomic mass is 10.0. The standard InChI is InChI=1S/C17H14O/c18-8-7-15-14-6-5-13-9-11-3-1-2-4-12(11)10-16(13)17(14)15/h1-6,9-10,15,18H,7-8H2. The summed E-state index contributed by atoms with van der Waals surface area (Å²) in [6.07, 6.45) is 0.862. The first-order chi connectivity index (χ1) is 8.88. The average Bonchev–Trinajstić information content (AvgIpc) is 3.11. The maximum atomic E-state index is 9.09. The average molecular weight is 234 g/mol. The highest BCUT2D eigenvalue weighted by Gasteiger charge is 2.33. The predicted molar refractivity (Wildman–Crippen MR) is 75.0 cm³/mol. The molecule has 18 heavy (non-hydrogen) atoms. The van der Waals surface area contributed by atoms with Gasteiger partial charge in [-0.25, -0.2) is 0 Å². The summed E-state index contributed by atoms with van der Waals surface area (Å²) >= 11 is 0.